The standard InChI is InChI=1S/C16H13Cl2NO3/c1-9-3-4-12(18)8-14(9)19-16(21)13-7-11(17)5-6-15(13)22-10(2)20/h3-8H,1-2H3,(H,19,21). The Hall–Kier alpha value is -2.04. The van der Waals surface area contributed by atoms with Crippen LogP contribution in [0.1, 0.15) is 22.8 Å². The van der Waals surface area contributed by atoms with Crippen molar-refractivity contribution in [3.05, 3.63) is 57.6 Å². The number of amides is 1. The molecule has 6 heteroatoms. The van der Waals surface area contributed by atoms with Crippen LogP contribution in [0, 0.1) is 6.92 Å². The van der Waals surface area contributed by atoms with Crippen LogP contribution in [-0.2, 0) is 4.79 Å². The Morgan fingerprint density at radius 3 is 2.36 bits per heavy atom. The van der Waals surface area contributed by atoms with E-state index in [9.17, 15) is 9.59 Å². The van der Waals surface area contributed by atoms with Gasteiger partial charge in [-0.15, -0.1) is 0 Å². The number of hydrogen-bond donors (Lipinski definition) is 1. The molecule has 22 heavy (non-hydrogen) atoms. The Kier molecular flexibility index (Phi) is 5.06. The highest BCUT2D eigenvalue weighted by atomic mass is 35.5. The Bertz CT molecular complexity index is 744. The molecule has 0 aliphatic heterocycles. The Morgan fingerprint density at radius 2 is 1.68 bits per heavy atom. The highest BCUT2D eigenvalue weighted by molar-refractivity contribution is 6.31. The maximum Gasteiger partial charge on any atom is 0.308 e. The maximum absolute atomic E-state index is 12.4. The van der Waals surface area contributed by atoms with Gasteiger partial charge in [0.05, 0.1) is 5.56 Å². The zero-order valence-corrected chi connectivity index (χ0v) is 13.5. The fraction of sp³-hybridized carbons (Fsp3) is 0.125. The molecule has 2 rings (SSSR count). The van der Waals surface area contributed by atoms with Gasteiger partial charge in [-0.3, -0.25) is 9.59 Å². The number of nitrogens with one attached hydrogen (secondary N) is 1. The van der Waals surface area contributed by atoms with Crippen LogP contribution in [-0.4, -0.2) is 11.9 Å². The Balaban J connectivity index is 2.34. The molecule has 0 saturated carbocycles. The molecular formula is C16H13Cl2NO3. The minimum atomic E-state index is -0.518. The second-order valence-corrected chi connectivity index (χ2v) is 5.52. The van der Waals surface area contributed by atoms with Crippen LogP contribution >= 0.6 is 23.2 Å². The van der Waals surface area contributed by atoms with Gasteiger partial charge < -0.3 is 10.1 Å². The number of carbonyl (C=O) groups excluding carboxylic acids is 2. The van der Waals surface area contributed by atoms with Crippen LogP contribution in [0.2, 0.25) is 10.0 Å². The molecule has 1 N–H and O–H groups in total. The number of anilines is 1. The molecule has 0 radical (unpaired) electrons. The summed E-state index contributed by atoms with van der Waals surface area (Å²) < 4.78 is 5.03. The molecule has 0 heterocycles. The van der Waals surface area contributed by atoms with Gasteiger partial charge in [0.1, 0.15) is 5.75 Å². The van der Waals surface area contributed by atoms with Gasteiger partial charge in [-0.25, -0.2) is 0 Å². The Morgan fingerprint density at radius 1 is 1.05 bits per heavy atom. The second-order valence-electron chi connectivity index (χ2n) is 4.65. The van der Waals surface area contributed by atoms with Crippen molar-refractivity contribution in [2.75, 3.05) is 5.32 Å². The van der Waals surface area contributed by atoms with Crippen molar-refractivity contribution < 1.29 is 14.3 Å². The van der Waals surface area contributed by atoms with Crippen LogP contribution < -0.4 is 10.1 Å². The van der Waals surface area contributed by atoms with Crippen molar-refractivity contribution >= 4 is 40.8 Å². The smallest absolute Gasteiger partial charge is 0.308 e. The van der Waals surface area contributed by atoms with Crippen molar-refractivity contribution in [1.29, 1.82) is 0 Å². The lowest BCUT2D eigenvalue weighted by molar-refractivity contribution is -0.131. The lowest BCUT2D eigenvalue weighted by Gasteiger charge is -2.12. The summed E-state index contributed by atoms with van der Waals surface area (Å²) >= 11 is 11.8. The highest BCUT2D eigenvalue weighted by Crippen LogP contribution is 2.26. The first kappa shape index (κ1) is 16.3. The van der Waals surface area contributed by atoms with Crippen LogP contribution in [0.5, 0.6) is 5.75 Å². The third-order valence-corrected chi connectivity index (χ3v) is 3.36. The number of halogens is 2. The predicted molar refractivity (Wildman–Crippen MR) is 86.9 cm³/mol. The summed E-state index contributed by atoms with van der Waals surface area (Å²) in [6, 6.07) is 9.63. The minimum Gasteiger partial charge on any atom is -0.426 e. The largest absolute Gasteiger partial charge is 0.426 e. The first-order valence-corrected chi connectivity index (χ1v) is 7.18. The topological polar surface area (TPSA) is 55.4 Å². The second kappa shape index (κ2) is 6.81. The van der Waals surface area contributed by atoms with E-state index in [4.69, 9.17) is 27.9 Å². The van der Waals surface area contributed by atoms with Crippen LogP contribution in [0.3, 0.4) is 0 Å². The average molecular weight is 338 g/mol. The molecular weight excluding hydrogens is 325 g/mol. The molecule has 1 amide bonds. The average Bonchev–Trinajstić information content (AvgIpc) is 2.44. The lowest BCUT2D eigenvalue weighted by Crippen LogP contribution is -2.15. The number of rotatable bonds is 3. The molecule has 0 fully saturated rings. The van der Waals surface area contributed by atoms with Crippen LogP contribution in [0.25, 0.3) is 0 Å². The highest BCUT2D eigenvalue weighted by Gasteiger charge is 2.16. The van der Waals surface area contributed by atoms with E-state index in [2.05, 4.69) is 5.32 Å². The molecule has 2 aromatic rings. The monoisotopic (exact) mass is 337 g/mol. The molecule has 4 nitrogen and oxygen atoms in total. The summed E-state index contributed by atoms with van der Waals surface area (Å²) in [4.78, 5) is 23.6. The zero-order chi connectivity index (χ0) is 16.3. The molecule has 0 aromatic heterocycles. The molecule has 0 unspecified atom stereocenters. The van der Waals surface area contributed by atoms with Crippen molar-refractivity contribution in [3.8, 4) is 5.75 Å². The van der Waals surface area contributed by atoms with Crippen molar-refractivity contribution in [3.63, 3.8) is 0 Å². The summed E-state index contributed by atoms with van der Waals surface area (Å²) in [6.45, 7) is 3.11. The van der Waals surface area contributed by atoms with E-state index >= 15 is 0 Å². The first-order chi connectivity index (χ1) is 10.4. The number of ether oxygens (including phenoxy) is 1. The molecule has 2 aromatic carbocycles. The van der Waals surface area contributed by atoms with Crippen LogP contribution in [0.4, 0.5) is 5.69 Å². The van der Waals surface area contributed by atoms with Gasteiger partial charge in [0, 0.05) is 22.7 Å². The molecule has 0 aliphatic rings. The van der Waals surface area contributed by atoms with Crippen molar-refractivity contribution in [2.24, 2.45) is 0 Å². The summed E-state index contributed by atoms with van der Waals surface area (Å²) in [5.74, 6) is -0.812. The molecule has 0 spiro atoms. The van der Waals surface area contributed by atoms with Crippen LogP contribution in [0.15, 0.2) is 36.4 Å². The fourth-order valence-electron chi connectivity index (χ4n) is 1.84. The number of esters is 1. The summed E-state index contributed by atoms with van der Waals surface area (Å²) in [5, 5.41) is 3.61. The van der Waals surface area contributed by atoms with E-state index in [1.54, 1.807) is 24.3 Å². The predicted octanol–water partition coefficient (Wildman–Crippen LogP) is 4.48. The SMILES string of the molecule is CC(=O)Oc1ccc(Cl)cc1C(=O)Nc1cc(Cl)ccc1C. The lowest BCUT2D eigenvalue weighted by atomic mass is 10.1. The van der Waals surface area contributed by atoms with Gasteiger partial charge in [-0.1, -0.05) is 29.3 Å². The van der Waals surface area contributed by atoms with E-state index in [0.29, 0.717) is 15.7 Å². The maximum atomic E-state index is 12.4. The van der Waals surface area contributed by atoms with E-state index in [-0.39, 0.29) is 11.3 Å². The van der Waals surface area contributed by atoms with Crippen molar-refractivity contribution in [2.45, 2.75) is 13.8 Å². The third-order valence-electron chi connectivity index (χ3n) is 2.89. The Labute approximate surface area is 138 Å². The molecule has 0 atom stereocenters. The van der Waals surface area contributed by atoms with E-state index in [1.165, 1.54) is 19.1 Å². The minimum absolute atomic E-state index is 0.147. The summed E-state index contributed by atoms with van der Waals surface area (Å²) in [6.07, 6.45) is 0. The van der Waals surface area contributed by atoms with Gasteiger partial charge >= 0.3 is 5.97 Å². The number of carbonyl (C=O) groups is 2. The number of aryl methyl sites for hydroxylation is 1. The number of benzene rings is 2. The van der Waals surface area contributed by atoms with Gasteiger partial charge in [0.25, 0.3) is 5.91 Å². The third kappa shape index (κ3) is 4.00. The zero-order valence-electron chi connectivity index (χ0n) is 11.9. The normalized spacial score (nSPS) is 10.2. The van der Waals surface area contributed by atoms with Gasteiger partial charge in [0.2, 0.25) is 0 Å². The summed E-state index contributed by atoms with van der Waals surface area (Å²) in [5.41, 5.74) is 1.60. The van der Waals surface area contributed by atoms with Gasteiger partial charge in [-0.2, -0.15) is 0 Å². The van der Waals surface area contributed by atoms with Gasteiger partial charge in [0.15, 0.2) is 0 Å². The number of hydrogen-bond acceptors (Lipinski definition) is 3. The van der Waals surface area contributed by atoms with Gasteiger partial charge in [-0.05, 0) is 42.8 Å². The molecule has 0 bridgehead atoms. The summed E-state index contributed by atoms with van der Waals surface area (Å²) in [7, 11) is 0. The molecule has 114 valence electrons. The quantitative estimate of drug-likeness (QED) is 0.663. The van der Waals surface area contributed by atoms with E-state index in [1.807, 2.05) is 6.92 Å². The molecule has 0 saturated heterocycles. The van der Waals surface area contributed by atoms with E-state index in [0.717, 1.165) is 5.56 Å². The van der Waals surface area contributed by atoms with E-state index < -0.39 is 11.9 Å². The first-order valence-electron chi connectivity index (χ1n) is 6.42. The fourth-order valence-corrected chi connectivity index (χ4v) is 2.19. The van der Waals surface area contributed by atoms with Crippen molar-refractivity contribution in [1.82, 2.24) is 0 Å². The molecule has 0 aliphatic carbocycles.